The summed E-state index contributed by atoms with van der Waals surface area (Å²) in [5, 5.41) is 0. The van der Waals surface area contributed by atoms with Crippen LogP contribution in [0, 0.1) is 5.82 Å². The van der Waals surface area contributed by atoms with Gasteiger partial charge in [0.25, 0.3) is 5.91 Å². The molecule has 0 heterocycles. The van der Waals surface area contributed by atoms with Crippen molar-refractivity contribution in [1.82, 2.24) is 4.90 Å². The molecule has 0 atom stereocenters. The van der Waals surface area contributed by atoms with Crippen LogP contribution < -0.4 is 4.90 Å². The summed E-state index contributed by atoms with van der Waals surface area (Å²) in [7, 11) is 3.87. The van der Waals surface area contributed by atoms with Crippen molar-refractivity contribution in [3.05, 3.63) is 62.8 Å². The molecule has 0 radical (unpaired) electrons. The Balaban J connectivity index is 2.40. The Morgan fingerprint density at radius 2 is 1.74 bits per heavy atom. The third-order valence-corrected chi connectivity index (χ3v) is 4.28. The smallest absolute Gasteiger partial charge is 0.261 e. The molecule has 2 rings (SSSR count). The molecule has 0 N–H and O–H groups in total. The van der Waals surface area contributed by atoms with Gasteiger partial charge in [0, 0.05) is 27.7 Å². The van der Waals surface area contributed by atoms with Gasteiger partial charge in [-0.15, -0.1) is 0 Å². The van der Waals surface area contributed by atoms with Gasteiger partial charge in [0.15, 0.2) is 0 Å². The van der Waals surface area contributed by atoms with Gasteiger partial charge in [-0.05, 0) is 50.5 Å². The van der Waals surface area contributed by atoms with Crippen LogP contribution in [0.1, 0.15) is 10.4 Å². The lowest BCUT2D eigenvalue weighted by molar-refractivity contribution is 0.0981. The van der Waals surface area contributed by atoms with Crippen LogP contribution in [0.2, 0.25) is 0 Å². The highest BCUT2D eigenvalue weighted by atomic mass is 79.9. The molecule has 0 fully saturated rings. The number of amides is 1. The second-order valence-electron chi connectivity index (χ2n) is 5.36. The molecule has 0 aromatic heterocycles. The van der Waals surface area contributed by atoms with Crippen molar-refractivity contribution < 1.29 is 9.18 Å². The summed E-state index contributed by atoms with van der Waals surface area (Å²) in [5.74, 6) is -0.883. The average molecular weight is 444 g/mol. The first-order valence-corrected chi connectivity index (χ1v) is 8.64. The Morgan fingerprint density at radius 3 is 2.39 bits per heavy atom. The van der Waals surface area contributed by atoms with Gasteiger partial charge in [0.05, 0.1) is 5.56 Å². The Hall–Kier alpha value is -1.24. The first-order chi connectivity index (χ1) is 10.9. The van der Waals surface area contributed by atoms with Gasteiger partial charge in [-0.3, -0.25) is 4.79 Å². The summed E-state index contributed by atoms with van der Waals surface area (Å²) < 4.78 is 15.6. The van der Waals surface area contributed by atoms with Gasteiger partial charge in [-0.1, -0.05) is 37.9 Å². The highest BCUT2D eigenvalue weighted by Gasteiger charge is 2.21. The molecule has 0 aliphatic heterocycles. The van der Waals surface area contributed by atoms with Crippen LogP contribution in [0.15, 0.2) is 51.4 Å². The fraction of sp³-hybridized carbons (Fsp3) is 0.235. The summed E-state index contributed by atoms with van der Waals surface area (Å²) in [6.07, 6.45) is 0. The van der Waals surface area contributed by atoms with Crippen molar-refractivity contribution in [2.75, 3.05) is 32.1 Å². The Morgan fingerprint density at radius 1 is 1.04 bits per heavy atom. The lowest BCUT2D eigenvalue weighted by Crippen LogP contribution is -2.37. The summed E-state index contributed by atoms with van der Waals surface area (Å²) in [4.78, 5) is 16.4. The number of benzene rings is 2. The number of hydrogen-bond acceptors (Lipinski definition) is 2. The van der Waals surface area contributed by atoms with E-state index in [1.807, 2.05) is 43.3 Å². The van der Waals surface area contributed by atoms with E-state index in [2.05, 4.69) is 31.9 Å². The van der Waals surface area contributed by atoms with Crippen LogP contribution in [0.5, 0.6) is 0 Å². The predicted octanol–water partition coefficient (Wildman–Crippen LogP) is 4.56. The number of halogens is 3. The van der Waals surface area contributed by atoms with E-state index in [9.17, 15) is 9.18 Å². The second kappa shape index (κ2) is 8.04. The molecule has 0 aliphatic carbocycles. The zero-order chi connectivity index (χ0) is 17.0. The average Bonchev–Trinajstić information content (AvgIpc) is 2.49. The van der Waals surface area contributed by atoms with E-state index in [0.717, 1.165) is 10.2 Å². The fourth-order valence-electron chi connectivity index (χ4n) is 2.10. The minimum atomic E-state index is -0.525. The normalized spacial score (nSPS) is 10.9. The number of anilines is 1. The number of nitrogens with zero attached hydrogens (tertiary/aromatic N) is 2. The predicted molar refractivity (Wildman–Crippen MR) is 98.5 cm³/mol. The first kappa shape index (κ1) is 18.1. The van der Waals surface area contributed by atoms with E-state index in [0.29, 0.717) is 17.6 Å². The van der Waals surface area contributed by atoms with E-state index < -0.39 is 5.82 Å². The van der Waals surface area contributed by atoms with E-state index in [1.54, 1.807) is 11.0 Å². The lowest BCUT2D eigenvalue weighted by atomic mass is 10.1. The number of carbonyl (C=O) groups is 1. The van der Waals surface area contributed by atoms with Gasteiger partial charge < -0.3 is 9.80 Å². The van der Waals surface area contributed by atoms with Gasteiger partial charge in [-0.2, -0.15) is 0 Å². The minimum Gasteiger partial charge on any atom is -0.308 e. The SMILES string of the molecule is CN(C)CCN(C(=O)c1cc(Br)ccc1F)c1cccc(Br)c1. The highest BCUT2D eigenvalue weighted by molar-refractivity contribution is 9.10. The summed E-state index contributed by atoms with van der Waals surface area (Å²) in [6.45, 7) is 1.14. The van der Waals surface area contributed by atoms with Crippen molar-refractivity contribution in [3.8, 4) is 0 Å². The van der Waals surface area contributed by atoms with Crippen LogP contribution in [-0.4, -0.2) is 38.0 Å². The van der Waals surface area contributed by atoms with Gasteiger partial charge in [-0.25, -0.2) is 4.39 Å². The molecule has 3 nitrogen and oxygen atoms in total. The van der Waals surface area contributed by atoms with Gasteiger partial charge in [0.1, 0.15) is 5.82 Å². The van der Waals surface area contributed by atoms with E-state index >= 15 is 0 Å². The fourth-order valence-corrected chi connectivity index (χ4v) is 2.85. The third-order valence-electron chi connectivity index (χ3n) is 3.29. The van der Waals surface area contributed by atoms with Crippen LogP contribution in [0.25, 0.3) is 0 Å². The summed E-state index contributed by atoms with van der Waals surface area (Å²) in [5.41, 5.74) is 0.781. The molecule has 1 amide bonds. The molecule has 0 aliphatic rings. The molecule has 122 valence electrons. The Kier molecular flexibility index (Phi) is 6.33. The zero-order valence-corrected chi connectivity index (χ0v) is 16.1. The molecule has 0 bridgehead atoms. The van der Waals surface area contributed by atoms with Gasteiger partial charge >= 0.3 is 0 Å². The van der Waals surface area contributed by atoms with Crippen LogP contribution >= 0.6 is 31.9 Å². The van der Waals surface area contributed by atoms with Crippen LogP contribution in [0.4, 0.5) is 10.1 Å². The van der Waals surface area contributed by atoms with Crippen LogP contribution in [-0.2, 0) is 0 Å². The number of rotatable bonds is 5. The molecule has 23 heavy (non-hydrogen) atoms. The molecule has 0 saturated heterocycles. The molecule has 0 saturated carbocycles. The Labute approximate surface area is 152 Å². The van der Waals surface area contributed by atoms with E-state index in [-0.39, 0.29) is 11.5 Å². The Bertz CT molecular complexity index is 707. The van der Waals surface area contributed by atoms with Crippen molar-refractivity contribution in [1.29, 1.82) is 0 Å². The van der Waals surface area contributed by atoms with E-state index in [1.165, 1.54) is 12.1 Å². The standard InChI is InChI=1S/C17H17Br2FN2O/c1-21(2)8-9-22(14-5-3-4-12(18)10-14)17(23)15-11-13(19)6-7-16(15)20/h3-7,10-11H,8-9H2,1-2H3. The summed E-state index contributed by atoms with van der Waals surface area (Å²) in [6, 6.07) is 11.8. The molecular weight excluding hydrogens is 427 g/mol. The molecule has 6 heteroatoms. The highest BCUT2D eigenvalue weighted by Crippen LogP contribution is 2.24. The second-order valence-corrected chi connectivity index (χ2v) is 7.20. The van der Waals surface area contributed by atoms with Gasteiger partial charge in [0.2, 0.25) is 0 Å². The van der Waals surface area contributed by atoms with Crippen molar-refractivity contribution >= 4 is 43.5 Å². The third kappa shape index (κ3) is 4.86. The topological polar surface area (TPSA) is 23.6 Å². The van der Waals surface area contributed by atoms with Crippen LogP contribution in [0.3, 0.4) is 0 Å². The molecule has 0 unspecified atom stereocenters. The van der Waals surface area contributed by atoms with Crippen molar-refractivity contribution in [3.63, 3.8) is 0 Å². The lowest BCUT2D eigenvalue weighted by Gasteiger charge is -2.25. The number of carbonyl (C=O) groups excluding carboxylic acids is 1. The minimum absolute atomic E-state index is 0.0538. The summed E-state index contributed by atoms with van der Waals surface area (Å²) >= 11 is 6.70. The van der Waals surface area contributed by atoms with E-state index in [4.69, 9.17) is 0 Å². The molecule has 0 spiro atoms. The number of hydrogen-bond donors (Lipinski definition) is 0. The number of likely N-dealkylation sites (N-methyl/N-ethyl adjacent to an activating group) is 1. The largest absolute Gasteiger partial charge is 0.308 e. The van der Waals surface area contributed by atoms with Crippen molar-refractivity contribution in [2.24, 2.45) is 0 Å². The quantitative estimate of drug-likeness (QED) is 0.676. The molecule has 2 aromatic carbocycles. The maximum absolute atomic E-state index is 14.1. The maximum atomic E-state index is 14.1. The first-order valence-electron chi connectivity index (χ1n) is 7.05. The maximum Gasteiger partial charge on any atom is 0.261 e. The van der Waals surface area contributed by atoms with Crippen molar-refractivity contribution in [2.45, 2.75) is 0 Å². The molecule has 2 aromatic rings. The zero-order valence-electron chi connectivity index (χ0n) is 12.9. The monoisotopic (exact) mass is 442 g/mol. The molecular formula is C17H17Br2FN2O.